The van der Waals surface area contributed by atoms with E-state index < -0.39 is 0 Å². The topological polar surface area (TPSA) is 90.6 Å². The van der Waals surface area contributed by atoms with Crippen LogP contribution < -0.4 is 16.7 Å². The van der Waals surface area contributed by atoms with E-state index in [9.17, 15) is 4.79 Å². The molecule has 0 radical (unpaired) electrons. The molecule has 3 aromatic rings. The fourth-order valence-electron chi connectivity index (χ4n) is 3.05. The van der Waals surface area contributed by atoms with Gasteiger partial charge >= 0.3 is 5.63 Å². The first-order chi connectivity index (χ1) is 12.0. The molecule has 3 N–H and O–H groups in total. The number of furan rings is 1. The van der Waals surface area contributed by atoms with E-state index in [0.29, 0.717) is 31.9 Å². The Morgan fingerprint density at radius 3 is 2.56 bits per heavy atom. The summed E-state index contributed by atoms with van der Waals surface area (Å²) in [7, 11) is 0. The highest BCUT2D eigenvalue weighted by Gasteiger charge is 2.17. The maximum Gasteiger partial charge on any atom is 0.336 e. The lowest BCUT2D eigenvalue weighted by Crippen LogP contribution is -2.21. The first-order valence-corrected chi connectivity index (χ1v) is 8.47. The van der Waals surface area contributed by atoms with Gasteiger partial charge in [-0.1, -0.05) is 0 Å². The van der Waals surface area contributed by atoms with Gasteiger partial charge in [0.2, 0.25) is 0 Å². The molecule has 25 heavy (non-hydrogen) atoms. The molecule has 0 aliphatic heterocycles. The number of benzene rings is 1. The molecule has 0 saturated carbocycles. The van der Waals surface area contributed by atoms with Crippen molar-refractivity contribution in [2.45, 2.75) is 27.3 Å². The molecular weight excluding hydrogens is 320 g/mol. The van der Waals surface area contributed by atoms with Crippen LogP contribution in [0, 0.1) is 20.8 Å². The Balaban J connectivity index is 1.91. The van der Waals surface area contributed by atoms with E-state index in [4.69, 9.17) is 19.3 Å². The second-order valence-electron chi connectivity index (χ2n) is 6.23. The summed E-state index contributed by atoms with van der Waals surface area (Å²) in [5, 5.41) is 5.31. The Morgan fingerprint density at radius 2 is 1.80 bits per heavy atom. The van der Waals surface area contributed by atoms with Gasteiger partial charge in [-0.05, 0) is 38.0 Å². The van der Waals surface area contributed by atoms with Crippen molar-refractivity contribution in [2.75, 3.05) is 26.3 Å². The first kappa shape index (κ1) is 17.7. The van der Waals surface area contributed by atoms with Crippen molar-refractivity contribution in [3.8, 4) is 0 Å². The highest BCUT2D eigenvalue weighted by atomic mass is 16.5. The third kappa shape index (κ3) is 3.46. The highest BCUT2D eigenvalue weighted by molar-refractivity contribution is 5.99. The van der Waals surface area contributed by atoms with Crippen LogP contribution in [0.4, 0.5) is 0 Å². The van der Waals surface area contributed by atoms with Crippen molar-refractivity contribution in [3.05, 3.63) is 45.0 Å². The van der Waals surface area contributed by atoms with Gasteiger partial charge in [0.1, 0.15) is 16.9 Å². The van der Waals surface area contributed by atoms with E-state index in [1.165, 1.54) is 6.07 Å². The van der Waals surface area contributed by atoms with E-state index >= 15 is 0 Å². The molecule has 0 amide bonds. The number of aryl methyl sites for hydroxylation is 3. The summed E-state index contributed by atoms with van der Waals surface area (Å²) >= 11 is 0. The third-order valence-electron chi connectivity index (χ3n) is 4.44. The molecule has 0 fully saturated rings. The molecule has 0 spiro atoms. The number of fused-ring (bicyclic) bond motifs is 2. The van der Waals surface area contributed by atoms with Gasteiger partial charge in [-0.25, -0.2) is 4.79 Å². The summed E-state index contributed by atoms with van der Waals surface area (Å²) in [4.78, 5) is 11.7. The molecule has 0 aliphatic carbocycles. The standard InChI is InChI=1S/C19H24N2O4/c1-11-8-17(22)25-18-13(3)19-15(9-14(11)18)12(2)16(24-19)10-21-5-7-23-6-4-20/h8-9,21H,4-7,10,20H2,1-3H3. The van der Waals surface area contributed by atoms with Gasteiger partial charge in [0, 0.05) is 35.5 Å². The highest BCUT2D eigenvalue weighted by Crippen LogP contribution is 2.33. The van der Waals surface area contributed by atoms with Crippen LogP contribution in [0.3, 0.4) is 0 Å². The van der Waals surface area contributed by atoms with E-state index in [1.54, 1.807) is 0 Å². The second-order valence-corrected chi connectivity index (χ2v) is 6.23. The monoisotopic (exact) mass is 344 g/mol. The summed E-state index contributed by atoms with van der Waals surface area (Å²) in [6.45, 7) is 8.96. The average Bonchev–Trinajstić information content (AvgIpc) is 2.89. The van der Waals surface area contributed by atoms with Crippen LogP contribution in [0.25, 0.3) is 21.9 Å². The quantitative estimate of drug-likeness (QED) is 0.506. The Hall–Kier alpha value is -2.15. The van der Waals surface area contributed by atoms with Crippen LogP contribution in [0.2, 0.25) is 0 Å². The molecule has 0 aliphatic rings. The molecule has 3 rings (SSSR count). The fourth-order valence-corrected chi connectivity index (χ4v) is 3.05. The van der Waals surface area contributed by atoms with Gasteiger partial charge in [0.25, 0.3) is 0 Å². The number of nitrogens with one attached hydrogen (secondary N) is 1. The van der Waals surface area contributed by atoms with Crippen LogP contribution in [0.15, 0.2) is 25.8 Å². The lowest BCUT2D eigenvalue weighted by atomic mass is 10.0. The van der Waals surface area contributed by atoms with Gasteiger partial charge in [-0.3, -0.25) is 0 Å². The van der Waals surface area contributed by atoms with Gasteiger partial charge in [-0.2, -0.15) is 0 Å². The Morgan fingerprint density at radius 1 is 1.04 bits per heavy atom. The van der Waals surface area contributed by atoms with Crippen molar-refractivity contribution >= 4 is 21.9 Å². The van der Waals surface area contributed by atoms with Crippen molar-refractivity contribution in [1.29, 1.82) is 0 Å². The number of ether oxygens (including phenoxy) is 1. The third-order valence-corrected chi connectivity index (χ3v) is 4.44. The maximum atomic E-state index is 11.7. The zero-order chi connectivity index (χ0) is 18.0. The van der Waals surface area contributed by atoms with Gasteiger partial charge in [0.15, 0.2) is 0 Å². The van der Waals surface area contributed by atoms with E-state index in [1.807, 2.05) is 26.8 Å². The molecular formula is C19H24N2O4. The van der Waals surface area contributed by atoms with Crippen LogP contribution in [-0.2, 0) is 11.3 Å². The number of hydrogen-bond donors (Lipinski definition) is 2. The molecule has 0 atom stereocenters. The number of nitrogens with two attached hydrogens (primary N) is 1. The predicted octanol–water partition coefficient (Wildman–Crippen LogP) is 2.53. The Bertz CT molecular complexity index is 956. The zero-order valence-electron chi connectivity index (χ0n) is 14.9. The predicted molar refractivity (Wildman–Crippen MR) is 98.0 cm³/mol. The Labute approximate surface area is 145 Å². The van der Waals surface area contributed by atoms with Crippen LogP contribution in [0.1, 0.15) is 22.5 Å². The summed E-state index contributed by atoms with van der Waals surface area (Å²) in [6.07, 6.45) is 0. The molecule has 6 heteroatoms. The average molecular weight is 344 g/mol. The number of rotatable bonds is 7. The molecule has 0 unspecified atom stereocenters. The minimum atomic E-state index is -0.338. The zero-order valence-corrected chi connectivity index (χ0v) is 14.9. The molecule has 6 nitrogen and oxygen atoms in total. The van der Waals surface area contributed by atoms with Crippen molar-refractivity contribution in [1.82, 2.24) is 5.32 Å². The molecule has 1 aromatic carbocycles. The summed E-state index contributed by atoms with van der Waals surface area (Å²) < 4.78 is 16.8. The molecule has 2 aromatic heterocycles. The second kappa shape index (κ2) is 7.39. The van der Waals surface area contributed by atoms with Gasteiger partial charge < -0.3 is 24.6 Å². The largest absolute Gasteiger partial charge is 0.459 e. The van der Waals surface area contributed by atoms with Crippen LogP contribution in [-0.4, -0.2) is 26.3 Å². The molecule has 134 valence electrons. The van der Waals surface area contributed by atoms with Crippen LogP contribution in [0.5, 0.6) is 0 Å². The summed E-state index contributed by atoms with van der Waals surface area (Å²) in [5.74, 6) is 0.882. The van der Waals surface area contributed by atoms with Crippen LogP contribution >= 0.6 is 0 Å². The van der Waals surface area contributed by atoms with Gasteiger partial charge in [0.05, 0.1) is 19.8 Å². The summed E-state index contributed by atoms with van der Waals surface area (Å²) in [6, 6.07) is 3.56. The lowest BCUT2D eigenvalue weighted by Gasteiger charge is -2.04. The molecule has 2 heterocycles. The molecule has 0 saturated heterocycles. The fraction of sp³-hybridized carbons (Fsp3) is 0.421. The number of hydrogen-bond acceptors (Lipinski definition) is 6. The van der Waals surface area contributed by atoms with Crippen molar-refractivity contribution in [3.63, 3.8) is 0 Å². The normalized spacial score (nSPS) is 11.7. The summed E-state index contributed by atoms with van der Waals surface area (Å²) in [5.41, 5.74) is 9.28. The Kier molecular flexibility index (Phi) is 5.22. The SMILES string of the molecule is Cc1cc(=O)oc2c(C)c3oc(CNCCOCCN)c(C)c3cc12. The van der Waals surface area contributed by atoms with Crippen molar-refractivity contribution < 1.29 is 13.6 Å². The maximum absolute atomic E-state index is 11.7. The van der Waals surface area contributed by atoms with Crippen molar-refractivity contribution in [2.24, 2.45) is 5.73 Å². The minimum Gasteiger partial charge on any atom is -0.459 e. The molecule has 0 bridgehead atoms. The van der Waals surface area contributed by atoms with E-state index in [2.05, 4.69) is 5.32 Å². The lowest BCUT2D eigenvalue weighted by molar-refractivity contribution is 0.142. The minimum absolute atomic E-state index is 0.338. The smallest absolute Gasteiger partial charge is 0.336 e. The van der Waals surface area contributed by atoms with E-state index in [0.717, 1.165) is 45.4 Å². The van der Waals surface area contributed by atoms with E-state index in [-0.39, 0.29) is 5.63 Å². The first-order valence-electron chi connectivity index (χ1n) is 8.47. The van der Waals surface area contributed by atoms with Gasteiger partial charge in [-0.15, -0.1) is 0 Å².